The molecule has 3 aromatic carbocycles. The van der Waals surface area contributed by atoms with Crippen molar-refractivity contribution in [3.8, 4) is 11.1 Å². The van der Waals surface area contributed by atoms with Gasteiger partial charge in [-0.05, 0) is 47.0 Å². The molecule has 1 fully saturated rings. The van der Waals surface area contributed by atoms with Crippen LogP contribution in [-0.2, 0) is 4.74 Å². The Labute approximate surface area is 173 Å². The van der Waals surface area contributed by atoms with Crippen LogP contribution in [0.3, 0.4) is 0 Å². The summed E-state index contributed by atoms with van der Waals surface area (Å²) in [6.07, 6.45) is 2.73. The normalized spacial score (nSPS) is 16.5. The van der Waals surface area contributed by atoms with Crippen molar-refractivity contribution >= 4 is 27.6 Å². The number of nitrogens with zero attached hydrogens (tertiary/aromatic N) is 2. The molecule has 0 aliphatic carbocycles. The fourth-order valence-corrected chi connectivity index (χ4v) is 4.27. The van der Waals surface area contributed by atoms with Crippen LogP contribution in [0.4, 0.5) is 4.39 Å². The molecular weight excluding hydrogens is 379 g/mol. The average molecular weight is 400 g/mol. The monoisotopic (exact) mass is 400 g/mol. The molecule has 5 heteroatoms. The minimum atomic E-state index is -0.298. The Balaban J connectivity index is 1.59. The third-order valence-corrected chi connectivity index (χ3v) is 5.88. The van der Waals surface area contributed by atoms with Crippen LogP contribution in [0.1, 0.15) is 16.8 Å². The summed E-state index contributed by atoms with van der Waals surface area (Å²) in [5.74, 6) is -0.266. The van der Waals surface area contributed by atoms with Crippen molar-refractivity contribution in [1.82, 2.24) is 9.88 Å². The second-order valence-corrected chi connectivity index (χ2v) is 7.66. The lowest BCUT2D eigenvalue weighted by molar-refractivity contribution is 0.0726. The van der Waals surface area contributed by atoms with Gasteiger partial charge in [-0.2, -0.15) is 0 Å². The van der Waals surface area contributed by atoms with Crippen LogP contribution in [-0.4, -0.2) is 42.1 Å². The van der Waals surface area contributed by atoms with Gasteiger partial charge in [0.05, 0.1) is 11.6 Å². The first-order valence-electron chi connectivity index (χ1n) is 10.0. The highest BCUT2D eigenvalue weighted by molar-refractivity contribution is 6.10. The van der Waals surface area contributed by atoms with Crippen molar-refractivity contribution < 1.29 is 13.9 Å². The number of hydrogen-bond acceptors (Lipinski definition) is 3. The molecule has 0 bridgehead atoms. The minimum absolute atomic E-state index is 0.0319. The fourth-order valence-electron chi connectivity index (χ4n) is 4.27. The molecule has 1 amide bonds. The third kappa shape index (κ3) is 3.21. The van der Waals surface area contributed by atoms with Crippen molar-refractivity contribution in [2.75, 3.05) is 20.2 Å². The van der Waals surface area contributed by atoms with E-state index in [1.165, 1.54) is 12.1 Å². The van der Waals surface area contributed by atoms with Crippen LogP contribution >= 0.6 is 0 Å². The van der Waals surface area contributed by atoms with Gasteiger partial charge < -0.3 is 9.64 Å². The van der Waals surface area contributed by atoms with Crippen LogP contribution in [0.25, 0.3) is 32.8 Å². The summed E-state index contributed by atoms with van der Waals surface area (Å²) in [5, 5.41) is 2.79. The zero-order valence-electron chi connectivity index (χ0n) is 16.6. The van der Waals surface area contributed by atoms with Crippen molar-refractivity contribution in [1.29, 1.82) is 0 Å². The molecule has 1 aromatic heterocycles. The summed E-state index contributed by atoms with van der Waals surface area (Å²) < 4.78 is 18.9. The fraction of sp³-hybridized carbons (Fsp3) is 0.200. The topological polar surface area (TPSA) is 42.4 Å². The average Bonchev–Trinajstić information content (AvgIpc) is 3.27. The van der Waals surface area contributed by atoms with E-state index in [0.29, 0.717) is 24.2 Å². The van der Waals surface area contributed by atoms with Crippen molar-refractivity contribution in [2.24, 2.45) is 0 Å². The minimum Gasteiger partial charge on any atom is -0.380 e. The lowest BCUT2D eigenvalue weighted by Gasteiger charge is -2.18. The molecule has 4 aromatic rings. The molecule has 2 heterocycles. The number of hydrogen-bond donors (Lipinski definition) is 0. The highest BCUT2D eigenvalue weighted by Crippen LogP contribution is 2.32. The van der Waals surface area contributed by atoms with Gasteiger partial charge >= 0.3 is 0 Å². The molecule has 5 rings (SSSR count). The first kappa shape index (κ1) is 18.7. The number of benzene rings is 3. The Morgan fingerprint density at radius 3 is 2.77 bits per heavy atom. The number of carbonyl (C=O) groups is 1. The maximum absolute atomic E-state index is 13.5. The number of methoxy groups -OCH3 is 1. The number of amides is 1. The Morgan fingerprint density at radius 1 is 1.10 bits per heavy atom. The molecule has 1 unspecified atom stereocenters. The van der Waals surface area contributed by atoms with Gasteiger partial charge in [-0.15, -0.1) is 0 Å². The molecule has 4 nitrogen and oxygen atoms in total. The van der Waals surface area contributed by atoms with Gasteiger partial charge in [0.25, 0.3) is 5.91 Å². The number of ether oxygens (including phenoxy) is 1. The van der Waals surface area contributed by atoms with E-state index in [1.54, 1.807) is 19.4 Å². The van der Waals surface area contributed by atoms with E-state index >= 15 is 0 Å². The standard InChI is InChI=1S/C25H21FN2O2/c1-30-19-10-11-28(15-19)25(29)23-7-3-5-21-20(4-2-6-22(21)23)17-12-16-8-9-18(26)13-24(16)27-14-17/h2-9,12-14,19H,10-11,15H2,1H3. The molecule has 1 aliphatic heterocycles. The van der Waals surface area contributed by atoms with Crippen LogP contribution in [0, 0.1) is 5.82 Å². The smallest absolute Gasteiger partial charge is 0.254 e. The first-order chi connectivity index (χ1) is 14.6. The van der Waals surface area contributed by atoms with Crippen LogP contribution in [0.2, 0.25) is 0 Å². The van der Waals surface area contributed by atoms with E-state index in [1.807, 2.05) is 47.4 Å². The molecule has 0 radical (unpaired) electrons. The Morgan fingerprint density at radius 2 is 1.93 bits per heavy atom. The molecular formula is C25H21FN2O2. The number of pyridine rings is 1. The summed E-state index contributed by atoms with van der Waals surface area (Å²) in [6.45, 7) is 1.33. The van der Waals surface area contributed by atoms with Gasteiger partial charge in [-0.3, -0.25) is 9.78 Å². The van der Waals surface area contributed by atoms with E-state index in [-0.39, 0.29) is 17.8 Å². The quantitative estimate of drug-likeness (QED) is 0.483. The number of likely N-dealkylation sites (tertiary alicyclic amines) is 1. The second-order valence-electron chi connectivity index (χ2n) is 7.66. The number of rotatable bonds is 3. The van der Waals surface area contributed by atoms with Crippen molar-refractivity contribution in [3.05, 3.63) is 78.2 Å². The van der Waals surface area contributed by atoms with Crippen LogP contribution in [0.5, 0.6) is 0 Å². The first-order valence-corrected chi connectivity index (χ1v) is 10.0. The number of fused-ring (bicyclic) bond motifs is 2. The summed E-state index contributed by atoms with van der Waals surface area (Å²) in [6, 6.07) is 18.4. The molecule has 1 saturated heterocycles. The number of carbonyl (C=O) groups excluding carboxylic acids is 1. The van der Waals surface area contributed by atoms with Crippen LogP contribution < -0.4 is 0 Å². The van der Waals surface area contributed by atoms with Crippen molar-refractivity contribution in [3.63, 3.8) is 0 Å². The lowest BCUT2D eigenvalue weighted by Crippen LogP contribution is -2.30. The Hall–Kier alpha value is -3.31. The lowest BCUT2D eigenvalue weighted by atomic mass is 9.95. The summed E-state index contributed by atoms with van der Waals surface area (Å²) in [5.41, 5.74) is 3.25. The SMILES string of the molecule is COC1CCN(C(=O)c2cccc3c(-c4cnc5cc(F)ccc5c4)cccc23)C1. The predicted molar refractivity (Wildman–Crippen MR) is 116 cm³/mol. The third-order valence-electron chi connectivity index (χ3n) is 5.88. The molecule has 30 heavy (non-hydrogen) atoms. The van der Waals surface area contributed by atoms with Gasteiger partial charge in [-0.1, -0.05) is 30.3 Å². The van der Waals surface area contributed by atoms with Gasteiger partial charge in [0.15, 0.2) is 0 Å². The zero-order valence-corrected chi connectivity index (χ0v) is 16.6. The molecule has 0 N–H and O–H groups in total. The van der Waals surface area contributed by atoms with E-state index in [9.17, 15) is 9.18 Å². The summed E-state index contributed by atoms with van der Waals surface area (Å²) in [4.78, 5) is 19.5. The van der Waals surface area contributed by atoms with Gasteiger partial charge in [0.2, 0.25) is 0 Å². The summed E-state index contributed by atoms with van der Waals surface area (Å²) >= 11 is 0. The maximum Gasteiger partial charge on any atom is 0.254 e. The Kier molecular flexibility index (Phi) is 4.68. The Bertz CT molecular complexity index is 1270. The van der Waals surface area contributed by atoms with E-state index < -0.39 is 0 Å². The number of halogens is 1. The van der Waals surface area contributed by atoms with Crippen LogP contribution in [0.15, 0.2) is 66.9 Å². The highest BCUT2D eigenvalue weighted by Gasteiger charge is 2.27. The largest absolute Gasteiger partial charge is 0.380 e. The molecule has 0 spiro atoms. The molecule has 150 valence electrons. The van der Waals surface area contributed by atoms with E-state index in [0.717, 1.165) is 33.7 Å². The second kappa shape index (κ2) is 7.50. The van der Waals surface area contributed by atoms with E-state index in [2.05, 4.69) is 4.98 Å². The summed E-state index contributed by atoms with van der Waals surface area (Å²) in [7, 11) is 1.69. The molecule has 1 aliphatic rings. The predicted octanol–water partition coefficient (Wildman–Crippen LogP) is 5.06. The van der Waals surface area contributed by atoms with Gasteiger partial charge in [0, 0.05) is 49.0 Å². The number of aromatic nitrogens is 1. The van der Waals surface area contributed by atoms with Gasteiger partial charge in [0.1, 0.15) is 5.82 Å². The van der Waals surface area contributed by atoms with E-state index in [4.69, 9.17) is 4.74 Å². The van der Waals surface area contributed by atoms with Crippen molar-refractivity contribution in [2.45, 2.75) is 12.5 Å². The molecule has 1 atom stereocenters. The highest BCUT2D eigenvalue weighted by atomic mass is 19.1. The van der Waals surface area contributed by atoms with Gasteiger partial charge in [-0.25, -0.2) is 4.39 Å². The maximum atomic E-state index is 13.5. The zero-order chi connectivity index (χ0) is 20.7. The molecule has 0 saturated carbocycles.